The zero-order chi connectivity index (χ0) is 10.7. The molecule has 0 aliphatic rings. The molecule has 2 aromatic rings. The van der Waals surface area contributed by atoms with Gasteiger partial charge in [-0.25, -0.2) is 0 Å². The first kappa shape index (κ1) is 10.6. The third kappa shape index (κ3) is 2.78. The summed E-state index contributed by atoms with van der Waals surface area (Å²) in [6.45, 7) is 0. The molecule has 2 nitrogen and oxygen atoms in total. The fraction of sp³-hybridized carbons (Fsp3) is 0.182. The molecule has 0 radical (unpaired) electrons. The minimum Gasteiger partial charge on any atom is -0.387 e. The van der Waals surface area contributed by atoms with Gasteiger partial charge in [-0.1, -0.05) is 17.7 Å². The quantitative estimate of drug-likeness (QED) is 0.893. The van der Waals surface area contributed by atoms with E-state index in [0.717, 1.165) is 10.6 Å². The van der Waals surface area contributed by atoms with Crippen molar-refractivity contribution in [3.63, 3.8) is 0 Å². The lowest BCUT2D eigenvalue weighted by Crippen LogP contribution is -2.00. The van der Waals surface area contributed by atoms with Crippen LogP contribution in [0.25, 0.3) is 0 Å². The topological polar surface area (TPSA) is 33.1 Å². The molecular formula is C11H10ClNOS. The van der Waals surface area contributed by atoms with Crippen LogP contribution in [-0.2, 0) is 6.42 Å². The predicted octanol–water partition coefficient (Wildman–Crippen LogP) is 3.07. The van der Waals surface area contributed by atoms with Gasteiger partial charge in [0.1, 0.15) is 0 Å². The maximum absolute atomic E-state index is 9.90. The van der Waals surface area contributed by atoms with Crippen LogP contribution in [-0.4, -0.2) is 10.1 Å². The molecule has 0 aliphatic heterocycles. The molecule has 2 rings (SSSR count). The standard InChI is InChI=1S/C11H10ClNOS/c12-8-5-11(15-7-8)10(14)6-9-3-1-2-4-13-9/h1-5,7,10,14H,6H2. The van der Waals surface area contributed by atoms with Crippen molar-refractivity contribution in [3.8, 4) is 0 Å². The van der Waals surface area contributed by atoms with Crippen molar-refractivity contribution in [2.75, 3.05) is 0 Å². The molecule has 0 saturated heterocycles. The molecule has 0 bridgehead atoms. The van der Waals surface area contributed by atoms with E-state index in [1.165, 1.54) is 11.3 Å². The zero-order valence-corrected chi connectivity index (χ0v) is 9.50. The molecule has 0 saturated carbocycles. The summed E-state index contributed by atoms with van der Waals surface area (Å²) in [5.74, 6) is 0. The van der Waals surface area contributed by atoms with Gasteiger partial charge in [-0.3, -0.25) is 4.98 Å². The van der Waals surface area contributed by atoms with Crippen molar-refractivity contribution < 1.29 is 5.11 Å². The normalized spacial score (nSPS) is 12.7. The summed E-state index contributed by atoms with van der Waals surface area (Å²) in [6, 6.07) is 7.46. The number of pyridine rings is 1. The highest BCUT2D eigenvalue weighted by Gasteiger charge is 2.11. The fourth-order valence-corrected chi connectivity index (χ4v) is 2.39. The number of halogens is 1. The molecule has 2 aromatic heterocycles. The summed E-state index contributed by atoms with van der Waals surface area (Å²) in [4.78, 5) is 5.04. The molecule has 4 heteroatoms. The number of hydrogen-bond donors (Lipinski definition) is 1. The maximum Gasteiger partial charge on any atom is 0.0937 e. The fourth-order valence-electron chi connectivity index (χ4n) is 1.32. The van der Waals surface area contributed by atoms with Gasteiger partial charge in [0, 0.05) is 28.6 Å². The Hall–Kier alpha value is -0.900. The minimum absolute atomic E-state index is 0.516. The third-order valence-electron chi connectivity index (χ3n) is 2.04. The number of hydrogen-bond acceptors (Lipinski definition) is 3. The number of thiophene rings is 1. The number of rotatable bonds is 3. The van der Waals surface area contributed by atoms with E-state index in [2.05, 4.69) is 4.98 Å². The van der Waals surface area contributed by atoms with Gasteiger partial charge in [0.05, 0.1) is 11.1 Å². The van der Waals surface area contributed by atoms with E-state index in [1.54, 1.807) is 12.3 Å². The number of aliphatic hydroxyl groups is 1. The van der Waals surface area contributed by atoms with E-state index >= 15 is 0 Å². The molecule has 78 valence electrons. The van der Waals surface area contributed by atoms with E-state index in [0.29, 0.717) is 11.4 Å². The molecule has 1 unspecified atom stereocenters. The lowest BCUT2D eigenvalue weighted by molar-refractivity contribution is 0.181. The van der Waals surface area contributed by atoms with Crippen LogP contribution in [0.4, 0.5) is 0 Å². The number of aromatic nitrogens is 1. The Balaban J connectivity index is 2.07. The molecule has 1 N–H and O–H groups in total. The summed E-state index contributed by atoms with van der Waals surface area (Å²) < 4.78 is 0. The van der Waals surface area contributed by atoms with Crippen LogP contribution in [0.3, 0.4) is 0 Å². The van der Waals surface area contributed by atoms with Crippen molar-refractivity contribution >= 4 is 22.9 Å². The van der Waals surface area contributed by atoms with Gasteiger partial charge in [0.25, 0.3) is 0 Å². The molecule has 0 spiro atoms. The SMILES string of the molecule is OC(Cc1ccccn1)c1cc(Cl)cs1. The highest BCUT2D eigenvalue weighted by molar-refractivity contribution is 7.10. The average molecular weight is 240 g/mol. The molecule has 2 heterocycles. The maximum atomic E-state index is 9.90. The Morgan fingerprint density at radius 1 is 1.47 bits per heavy atom. The smallest absolute Gasteiger partial charge is 0.0937 e. The van der Waals surface area contributed by atoms with Crippen molar-refractivity contribution in [3.05, 3.63) is 51.4 Å². The summed E-state index contributed by atoms with van der Waals surface area (Å²) in [5, 5.41) is 12.4. The summed E-state index contributed by atoms with van der Waals surface area (Å²) in [5.41, 5.74) is 0.884. The average Bonchev–Trinajstić information content (AvgIpc) is 2.66. The Labute approximate surface area is 97.2 Å². The Morgan fingerprint density at radius 3 is 2.93 bits per heavy atom. The highest BCUT2D eigenvalue weighted by Crippen LogP contribution is 2.26. The predicted molar refractivity (Wildman–Crippen MR) is 62.2 cm³/mol. The third-order valence-corrected chi connectivity index (χ3v) is 3.43. The van der Waals surface area contributed by atoms with Crippen LogP contribution in [0.1, 0.15) is 16.7 Å². The Bertz CT molecular complexity index is 429. The number of aliphatic hydroxyl groups excluding tert-OH is 1. The van der Waals surface area contributed by atoms with Gasteiger partial charge in [-0.15, -0.1) is 11.3 Å². The first-order valence-corrected chi connectivity index (χ1v) is 5.83. The Kier molecular flexibility index (Phi) is 3.36. The molecular weight excluding hydrogens is 230 g/mol. The largest absolute Gasteiger partial charge is 0.387 e. The molecule has 0 fully saturated rings. The first-order valence-electron chi connectivity index (χ1n) is 4.57. The van der Waals surface area contributed by atoms with E-state index in [9.17, 15) is 5.11 Å². The van der Waals surface area contributed by atoms with Gasteiger partial charge < -0.3 is 5.11 Å². The van der Waals surface area contributed by atoms with Gasteiger partial charge >= 0.3 is 0 Å². The molecule has 0 aromatic carbocycles. The summed E-state index contributed by atoms with van der Waals surface area (Å²) in [7, 11) is 0. The molecule has 15 heavy (non-hydrogen) atoms. The second-order valence-electron chi connectivity index (χ2n) is 3.21. The van der Waals surface area contributed by atoms with Crippen LogP contribution in [0.15, 0.2) is 35.8 Å². The molecule has 0 aliphatic carbocycles. The van der Waals surface area contributed by atoms with Gasteiger partial charge in [0.15, 0.2) is 0 Å². The van der Waals surface area contributed by atoms with Crippen molar-refractivity contribution in [1.29, 1.82) is 0 Å². The zero-order valence-electron chi connectivity index (χ0n) is 7.93. The van der Waals surface area contributed by atoms with E-state index in [1.807, 2.05) is 23.6 Å². The van der Waals surface area contributed by atoms with Crippen LogP contribution in [0.5, 0.6) is 0 Å². The lowest BCUT2D eigenvalue weighted by Gasteiger charge is -2.06. The van der Waals surface area contributed by atoms with E-state index in [4.69, 9.17) is 11.6 Å². The number of nitrogens with zero attached hydrogens (tertiary/aromatic N) is 1. The summed E-state index contributed by atoms with van der Waals surface area (Å²) in [6.07, 6.45) is 1.73. The van der Waals surface area contributed by atoms with Crippen molar-refractivity contribution in [2.24, 2.45) is 0 Å². The second kappa shape index (κ2) is 4.75. The van der Waals surface area contributed by atoms with Crippen LogP contribution < -0.4 is 0 Å². The van der Waals surface area contributed by atoms with Gasteiger partial charge in [0.2, 0.25) is 0 Å². The van der Waals surface area contributed by atoms with E-state index < -0.39 is 6.10 Å². The van der Waals surface area contributed by atoms with Gasteiger partial charge in [-0.2, -0.15) is 0 Å². The second-order valence-corrected chi connectivity index (χ2v) is 4.59. The van der Waals surface area contributed by atoms with Crippen LogP contribution in [0, 0.1) is 0 Å². The molecule has 0 amide bonds. The summed E-state index contributed by atoms with van der Waals surface area (Å²) >= 11 is 7.26. The minimum atomic E-state index is -0.516. The lowest BCUT2D eigenvalue weighted by atomic mass is 10.1. The molecule has 1 atom stereocenters. The Morgan fingerprint density at radius 2 is 2.33 bits per heavy atom. The van der Waals surface area contributed by atoms with Crippen LogP contribution in [0.2, 0.25) is 5.02 Å². The van der Waals surface area contributed by atoms with Crippen molar-refractivity contribution in [2.45, 2.75) is 12.5 Å². The highest BCUT2D eigenvalue weighted by atomic mass is 35.5. The van der Waals surface area contributed by atoms with E-state index in [-0.39, 0.29) is 0 Å². The first-order chi connectivity index (χ1) is 7.25. The van der Waals surface area contributed by atoms with Crippen molar-refractivity contribution in [1.82, 2.24) is 4.98 Å². The monoisotopic (exact) mass is 239 g/mol. The van der Waals surface area contributed by atoms with Crippen LogP contribution >= 0.6 is 22.9 Å². The van der Waals surface area contributed by atoms with Gasteiger partial charge in [-0.05, 0) is 18.2 Å².